The molecule has 1 aromatic carbocycles. The van der Waals surface area contributed by atoms with Gasteiger partial charge in [-0.15, -0.1) is 0 Å². The van der Waals surface area contributed by atoms with Crippen molar-refractivity contribution in [3.05, 3.63) is 70.5 Å². The van der Waals surface area contributed by atoms with Crippen molar-refractivity contribution in [2.24, 2.45) is 0 Å². The molecule has 8 nitrogen and oxygen atoms in total. The molecule has 0 saturated heterocycles. The molecular formula is C21H21N5O3S. The molecule has 0 saturated carbocycles. The lowest BCUT2D eigenvalue weighted by atomic mass is 10.2. The van der Waals surface area contributed by atoms with Gasteiger partial charge in [0.15, 0.2) is 5.13 Å². The predicted molar refractivity (Wildman–Crippen MR) is 117 cm³/mol. The van der Waals surface area contributed by atoms with E-state index in [4.69, 9.17) is 4.74 Å². The third kappa shape index (κ3) is 5.26. The van der Waals surface area contributed by atoms with Crippen molar-refractivity contribution < 1.29 is 14.3 Å². The van der Waals surface area contributed by atoms with E-state index in [0.717, 1.165) is 28.4 Å². The monoisotopic (exact) mass is 423 g/mol. The summed E-state index contributed by atoms with van der Waals surface area (Å²) in [6, 6.07) is 8.78. The molecule has 3 aromatic rings. The summed E-state index contributed by atoms with van der Waals surface area (Å²) in [6.45, 7) is 9.11. The zero-order valence-corrected chi connectivity index (χ0v) is 17.7. The summed E-state index contributed by atoms with van der Waals surface area (Å²) in [5.41, 5.74) is 3.44. The average Bonchev–Trinajstić information content (AvgIpc) is 3.06. The lowest BCUT2D eigenvalue weighted by Gasteiger charge is -2.07. The number of carbonyl (C=O) groups is 2. The molecule has 3 rings (SSSR count). The van der Waals surface area contributed by atoms with Gasteiger partial charge in [0.05, 0.1) is 5.69 Å². The number of anilines is 3. The molecule has 0 fully saturated rings. The molecule has 9 heteroatoms. The number of aromatic nitrogens is 3. The largest absolute Gasteiger partial charge is 0.457 e. The zero-order chi connectivity index (χ0) is 21.7. The van der Waals surface area contributed by atoms with Gasteiger partial charge >= 0.3 is 5.97 Å². The number of thiazole rings is 1. The van der Waals surface area contributed by atoms with Crippen LogP contribution < -0.4 is 10.6 Å². The van der Waals surface area contributed by atoms with Crippen LogP contribution in [0.25, 0.3) is 0 Å². The van der Waals surface area contributed by atoms with Crippen LogP contribution in [-0.4, -0.2) is 33.4 Å². The Morgan fingerprint density at radius 1 is 1.10 bits per heavy atom. The van der Waals surface area contributed by atoms with Gasteiger partial charge in [0, 0.05) is 22.6 Å². The van der Waals surface area contributed by atoms with Gasteiger partial charge in [-0.25, -0.2) is 19.7 Å². The number of aryl methyl sites for hydroxylation is 3. The van der Waals surface area contributed by atoms with Crippen LogP contribution in [0.2, 0.25) is 0 Å². The minimum Gasteiger partial charge on any atom is -0.457 e. The van der Waals surface area contributed by atoms with E-state index in [2.05, 4.69) is 32.2 Å². The number of nitrogens with zero attached hydrogens (tertiary/aromatic N) is 3. The van der Waals surface area contributed by atoms with Gasteiger partial charge in [0.25, 0.3) is 5.91 Å². The number of nitrogens with one attached hydrogen (secondary N) is 2. The fourth-order valence-corrected chi connectivity index (χ4v) is 3.48. The van der Waals surface area contributed by atoms with E-state index in [0.29, 0.717) is 27.2 Å². The Bertz CT molecular complexity index is 1070. The summed E-state index contributed by atoms with van der Waals surface area (Å²) in [7, 11) is 0. The second-order valence-corrected chi connectivity index (χ2v) is 7.45. The molecule has 0 aliphatic rings. The van der Waals surface area contributed by atoms with Crippen LogP contribution in [0, 0.1) is 20.8 Å². The van der Waals surface area contributed by atoms with E-state index in [-0.39, 0.29) is 12.5 Å². The number of amides is 1. The maximum atomic E-state index is 12.5. The van der Waals surface area contributed by atoms with Gasteiger partial charge in [-0.2, -0.15) is 0 Å². The molecule has 0 spiro atoms. The summed E-state index contributed by atoms with van der Waals surface area (Å²) in [6.07, 6.45) is 1.49. The highest BCUT2D eigenvalue weighted by atomic mass is 32.1. The Balaban J connectivity index is 1.66. The molecule has 0 unspecified atom stereocenters. The standard InChI is InChI=1S/C21H21N5O3S/c1-5-10-29-19(28)17-14(4)24-21(30-17)26-18(27)15-6-8-16(9-7-15)25-20-22-12(2)11-13(3)23-20/h5-9,11H,1,10H2,2-4H3,(H,22,23,25)(H,24,26,27). The second-order valence-electron chi connectivity index (χ2n) is 6.45. The molecule has 0 atom stereocenters. The Labute approximate surface area is 178 Å². The van der Waals surface area contributed by atoms with Crippen LogP contribution in [0.5, 0.6) is 0 Å². The second kappa shape index (κ2) is 9.27. The van der Waals surface area contributed by atoms with Gasteiger partial charge in [-0.1, -0.05) is 24.0 Å². The average molecular weight is 423 g/mol. The van der Waals surface area contributed by atoms with Crippen LogP contribution in [0.4, 0.5) is 16.8 Å². The van der Waals surface area contributed by atoms with Crippen LogP contribution in [0.1, 0.15) is 37.1 Å². The molecular weight excluding hydrogens is 402 g/mol. The zero-order valence-electron chi connectivity index (χ0n) is 16.9. The van der Waals surface area contributed by atoms with Gasteiger partial charge in [-0.3, -0.25) is 10.1 Å². The van der Waals surface area contributed by atoms with Crippen molar-refractivity contribution in [3.8, 4) is 0 Å². The summed E-state index contributed by atoms with van der Waals surface area (Å²) >= 11 is 1.07. The van der Waals surface area contributed by atoms with Gasteiger partial charge < -0.3 is 10.1 Å². The lowest BCUT2D eigenvalue weighted by Crippen LogP contribution is -2.11. The van der Waals surface area contributed by atoms with Crippen molar-refractivity contribution in [2.45, 2.75) is 20.8 Å². The molecule has 0 aliphatic carbocycles. The Kier molecular flexibility index (Phi) is 6.53. The summed E-state index contributed by atoms with van der Waals surface area (Å²) in [5, 5.41) is 6.16. The molecule has 30 heavy (non-hydrogen) atoms. The van der Waals surface area contributed by atoms with Crippen LogP contribution in [0.3, 0.4) is 0 Å². The predicted octanol–water partition coefficient (Wildman–Crippen LogP) is 4.20. The molecule has 2 heterocycles. The quantitative estimate of drug-likeness (QED) is 0.433. The molecule has 2 N–H and O–H groups in total. The Morgan fingerprint density at radius 3 is 2.40 bits per heavy atom. The Hall–Kier alpha value is -3.59. The van der Waals surface area contributed by atoms with Crippen molar-refractivity contribution >= 4 is 40.0 Å². The highest BCUT2D eigenvalue weighted by molar-refractivity contribution is 7.17. The van der Waals surface area contributed by atoms with Gasteiger partial charge in [-0.05, 0) is 51.1 Å². The van der Waals surface area contributed by atoms with Crippen molar-refractivity contribution in [1.29, 1.82) is 0 Å². The van der Waals surface area contributed by atoms with Crippen LogP contribution >= 0.6 is 11.3 Å². The number of benzene rings is 1. The molecule has 1 amide bonds. The first-order valence-electron chi connectivity index (χ1n) is 9.12. The van der Waals surface area contributed by atoms with E-state index >= 15 is 0 Å². The summed E-state index contributed by atoms with van der Waals surface area (Å²) < 4.78 is 5.02. The summed E-state index contributed by atoms with van der Waals surface area (Å²) in [4.78, 5) is 37.8. The van der Waals surface area contributed by atoms with E-state index in [9.17, 15) is 9.59 Å². The fourth-order valence-electron chi connectivity index (χ4n) is 2.62. The molecule has 0 radical (unpaired) electrons. The first kappa shape index (κ1) is 21.1. The highest BCUT2D eigenvalue weighted by Crippen LogP contribution is 2.24. The van der Waals surface area contributed by atoms with Crippen LogP contribution in [0.15, 0.2) is 43.0 Å². The first-order valence-corrected chi connectivity index (χ1v) is 9.93. The number of hydrogen-bond acceptors (Lipinski definition) is 8. The van der Waals surface area contributed by atoms with E-state index < -0.39 is 5.97 Å². The molecule has 154 valence electrons. The number of ether oxygens (including phenoxy) is 1. The minimum absolute atomic E-state index is 0.116. The fraction of sp³-hybridized carbons (Fsp3) is 0.190. The number of carbonyl (C=O) groups excluding carboxylic acids is 2. The van der Waals surface area contributed by atoms with Crippen LogP contribution in [-0.2, 0) is 4.74 Å². The number of esters is 1. The third-order valence-corrected chi connectivity index (χ3v) is 4.97. The molecule has 2 aromatic heterocycles. The number of hydrogen-bond donors (Lipinski definition) is 2. The smallest absolute Gasteiger partial charge is 0.350 e. The molecule has 0 bridgehead atoms. The third-order valence-electron chi connectivity index (χ3n) is 3.92. The van der Waals surface area contributed by atoms with Gasteiger partial charge in [0.2, 0.25) is 5.95 Å². The lowest BCUT2D eigenvalue weighted by molar-refractivity contribution is 0.0554. The normalized spacial score (nSPS) is 10.4. The van der Waals surface area contributed by atoms with Crippen molar-refractivity contribution in [1.82, 2.24) is 15.0 Å². The van der Waals surface area contributed by atoms with E-state index in [1.807, 2.05) is 19.9 Å². The number of rotatable bonds is 7. The Morgan fingerprint density at radius 2 is 1.77 bits per heavy atom. The van der Waals surface area contributed by atoms with E-state index in [1.165, 1.54) is 6.08 Å². The highest BCUT2D eigenvalue weighted by Gasteiger charge is 2.18. The minimum atomic E-state index is -0.491. The SMILES string of the molecule is C=CCOC(=O)c1sc(NC(=O)c2ccc(Nc3nc(C)cc(C)n3)cc2)nc1C. The van der Waals surface area contributed by atoms with Gasteiger partial charge in [0.1, 0.15) is 11.5 Å². The molecule has 0 aliphatic heterocycles. The topological polar surface area (TPSA) is 106 Å². The first-order chi connectivity index (χ1) is 14.4. The van der Waals surface area contributed by atoms with E-state index in [1.54, 1.807) is 31.2 Å². The maximum absolute atomic E-state index is 12.5. The summed E-state index contributed by atoms with van der Waals surface area (Å²) in [5.74, 6) is -0.322. The maximum Gasteiger partial charge on any atom is 0.350 e. The van der Waals surface area contributed by atoms with Crippen molar-refractivity contribution in [2.75, 3.05) is 17.2 Å². The van der Waals surface area contributed by atoms with Crippen molar-refractivity contribution in [3.63, 3.8) is 0 Å².